The first kappa shape index (κ1) is 19.7. The molecule has 3 aromatic rings. The Labute approximate surface area is 172 Å². The maximum Gasteiger partial charge on any atom is 0.268 e. The van der Waals surface area contributed by atoms with Gasteiger partial charge >= 0.3 is 0 Å². The van der Waals surface area contributed by atoms with Gasteiger partial charge in [-0.1, -0.05) is 23.4 Å². The first-order valence-electron chi connectivity index (χ1n) is 9.13. The Kier molecular flexibility index (Phi) is 5.24. The van der Waals surface area contributed by atoms with E-state index in [-0.39, 0.29) is 22.7 Å². The van der Waals surface area contributed by atoms with Gasteiger partial charge in [0.05, 0.1) is 4.88 Å². The standard InChI is InChI=1S/C19H20N4O4S2/c1-13-12-22(19(24)15-6-4-3-5-7-15)10-11-23(13)29(25,26)17-9-8-16(28-17)18-20-14(2)21-27-18/h3-9,13H,10-12H2,1-2H3. The molecular weight excluding hydrogens is 412 g/mol. The molecule has 1 aliphatic rings. The van der Waals surface area contributed by atoms with Crippen molar-refractivity contribution in [3.63, 3.8) is 0 Å². The zero-order valence-corrected chi connectivity index (χ0v) is 17.6. The molecule has 0 radical (unpaired) electrons. The largest absolute Gasteiger partial charge is 0.336 e. The number of aromatic nitrogens is 2. The van der Waals surface area contributed by atoms with Gasteiger partial charge in [0.15, 0.2) is 5.82 Å². The van der Waals surface area contributed by atoms with Crippen LogP contribution in [-0.2, 0) is 10.0 Å². The second-order valence-corrected chi connectivity index (χ2v) is 10.0. The normalized spacial score (nSPS) is 18.1. The average molecular weight is 433 g/mol. The second-order valence-electron chi connectivity index (χ2n) is 6.85. The minimum atomic E-state index is -3.68. The van der Waals surface area contributed by atoms with Crippen LogP contribution in [0.15, 0.2) is 51.2 Å². The molecule has 29 heavy (non-hydrogen) atoms. The predicted octanol–water partition coefficient (Wildman–Crippen LogP) is 2.64. The third-order valence-corrected chi connectivity index (χ3v) is 8.31. The maximum atomic E-state index is 13.2. The zero-order chi connectivity index (χ0) is 20.6. The summed E-state index contributed by atoms with van der Waals surface area (Å²) in [5.41, 5.74) is 0.605. The fraction of sp³-hybridized carbons (Fsp3) is 0.316. The lowest BCUT2D eigenvalue weighted by Crippen LogP contribution is -2.55. The van der Waals surface area contributed by atoms with Gasteiger partial charge in [-0.2, -0.15) is 9.29 Å². The Morgan fingerprint density at radius 2 is 1.93 bits per heavy atom. The molecule has 0 bridgehead atoms. The van der Waals surface area contributed by atoms with Gasteiger partial charge < -0.3 is 9.42 Å². The van der Waals surface area contributed by atoms with Crippen LogP contribution in [0.2, 0.25) is 0 Å². The summed E-state index contributed by atoms with van der Waals surface area (Å²) in [6, 6.07) is 11.9. The third-order valence-electron chi connectivity index (χ3n) is 4.76. The molecule has 1 fully saturated rings. The van der Waals surface area contributed by atoms with Gasteiger partial charge in [-0.25, -0.2) is 8.42 Å². The van der Waals surface area contributed by atoms with E-state index in [0.717, 1.165) is 11.3 Å². The lowest BCUT2D eigenvalue weighted by Gasteiger charge is -2.38. The number of carbonyl (C=O) groups is 1. The van der Waals surface area contributed by atoms with Crippen LogP contribution < -0.4 is 0 Å². The zero-order valence-electron chi connectivity index (χ0n) is 16.0. The number of amides is 1. The summed E-state index contributed by atoms with van der Waals surface area (Å²) in [4.78, 5) is 19.1. The number of thiophene rings is 1. The van der Waals surface area contributed by atoms with Crippen molar-refractivity contribution in [2.75, 3.05) is 19.6 Å². The second kappa shape index (κ2) is 7.69. The molecule has 152 valence electrons. The Bertz CT molecular complexity index is 1120. The van der Waals surface area contributed by atoms with E-state index in [1.165, 1.54) is 4.31 Å². The molecule has 1 unspecified atom stereocenters. The lowest BCUT2D eigenvalue weighted by molar-refractivity contribution is 0.0642. The Morgan fingerprint density at radius 3 is 2.59 bits per heavy atom. The number of hydrogen-bond acceptors (Lipinski definition) is 7. The Balaban J connectivity index is 1.50. The van der Waals surface area contributed by atoms with Gasteiger partial charge in [0.25, 0.3) is 21.8 Å². The molecule has 1 saturated heterocycles. The molecule has 0 saturated carbocycles. The fourth-order valence-electron chi connectivity index (χ4n) is 3.33. The Hall–Kier alpha value is -2.56. The van der Waals surface area contributed by atoms with Crippen LogP contribution in [0, 0.1) is 6.92 Å². The number of carbonyl (C=O) groups excluding carboxylic acids is 1. The molecule has 4 rings (SSSR count). The number of rotatable bonds is 4. The number of aryl methyl sites for hydroxylation is 1. The van der Waals surface area contributed by atoms with E-state index in [1.54, 1.807) is 36.1 Å². The molecule has 3 heterocycles. The molecule has 0 spiro atoms. The van der Waals surface area contributed by atoms with Gasteiger partial charge in [-0.15, -0.1) is 11.3 Å². The van der Waals surface area contributed by atoms with Crippen LogP contribution >= 0.6 is 11.3 Å². The molecule has 1 amide bonds. The average Bonchev–Trinajstić information content (AvgIpc) is 3.37. The highest BCUT2D eigenvalue weighted by atomic mass is 32.2. The van der Waals surface area contributed by atoms with E-state index in [2.05, 4.69) is 10.1 Å². The topological polar surface area (TPSA) is 96.6 Å². The number of sulfonamides is 1. The molecule has 2 aromatic heterocycles. The van der Waals surface area contributed by atoms with Crippen molar-refractivity contribution in [3.8, 4) is 10.8 Å². The van der Waals surface area contributed by atoms with E-state index in [4.69, 9.17) is 4.52 Å². The van der Waals surface area contributed by atoms with E-state index in [0.29, 0.717) is 35.2 Å². The first-order chi connectivity index (χ1) is 13.9. The van der Waals surface area contributed by atoms with Crippen molar-refractivity contribution in [1.82, 2.24) is 19.3 Å². The summed E-state index contributed by atoms with van der Waals surface area (Å²) in [5, 5.41) is 3.74. The van der Waals surface area contributed by atoms with Crippen LogP contribution in [0.4, 0.5) is 0 Å². The van der Waals surface area contributed by atoms with Crippen LogP contribution in [0.1, 0.15) is 23.1 Å². The van der Waals surface area contributed by atoms with Crippen molar-refractivity contribution >= 4 is 27.3 Å². The van der Waals surface area contributed by atoms with Gasteiger partial charge in [-0.3, -0.25) is 4.79 Å². The summed E-state index contributed by atoms with van der Waals surface area (Å²) in [6.07, 6.45) is 0. The summed E-state index contributed by atoms with van der Waals surface area (Å²) in [7, 11) is -3.68. The van der Waals surface area contributed by atoms with Crippen molar-refractivity contribution in [2.24, 2.45) is 0 Å². The molecule has 8 nitrogen and oxygen atoms in total. The van der Waals surface area contributed by atoms with Gasteiger partial charge in [0.1, 0.15) is 4.21 Å². The molecule has 0 N–H and O–H groups in total. The highest BCUT2D eigenvalue weighted by Gasteiger charge is 2.36. The maximum absolute atomic E-state index is 13.2. The molecule has 10 heteroatoms. The first-order valence-corrected chi connectivity index (χ1v) is 11.4. The molecular formula is C19H20N4O4S2. The Morgan fingerprint density at radius 1 is 1.17 bits per heavy atom. The number of benzene rings is 1. The summed E-state index contributed by atoms with van der Waals surface area (Å²) >= 11 is 1.10. The molecule has 0 aliphatic carbocycles. The third kappa shape index (κ3) is 3.83. The minimum Gasteiger partial charge on any atom is -0.336 e. The number of nitrogens with zero attached hydrogens (tertiary/aromatic N) is 4. The SMILES string of the molecule is Cc1noc(-c2ccc(S(=O)(=O)N3CCN(C(=O)c4ccccc4)CC3C)s2)n1. The summed E-state index contributed by atoms with van der Waals surface area (Å²) < 4.78 is 33.1. The van der Waals surface area contributed by atoms with E-state index in [1.807, 2.05) is 25.1 Å². The molecule has 1 atom stereocenters. The van der Waals surface area contributed by atoms with Gasteiger partial charge in [-0.05, 0) is 38.1 Å². The molecule has 1 aromatic carbocycles. The molecule has 1 aliphatic heterocycles. The van der Waals surface area contributed by atoms with E-state index in [9.17, 15) is 13.2 Å². The van der Waals surface area contributed by atoms with Crippen molar-refractivity contribution in [3.05, 3.63) is 53.9 Å². The lowest BCUT2D eigenvalue weighted by atomic mass is 10.1. The van der Waals surface area contributed by atoms with E-state index >= 15 is 0 Å². The van der Waals surface area contributed by atoms with E-state index < -0.39 is 10.0 Å². The monoisotopic (exact) mass is 432 g/mol. The highest BCUT2D eigenvalue weighted by molar-refractivity contribution is 7.91. The minimum absolute atomic E-state index is 0.0836. The van der Waals surface area contributed by atoms with Crippen LogP contribution in [0.5, 0.6) is 0 Å². The highest BCUT2D eigenvalue weighted by Crippen LogP contribution is 2.32. The smallest absolute Gasteiger partial charge is 0.268 e. The van der Waals surface area contributed by atoms with Gasteiger partial charge in [0, 0.05) is 31.2 Å². The van der Waals surface area contributed by atoms with Crippen molar-refractivity contribution in [1.29, 1.82) is 0 Å². The van der Waals surface area contributed by atoms with Crippen LogP contribution in [-0.4, -0.2) is 59.3 Å². The number of hydrogen-bond donors (Lipinski definition) is 0. The quantitative estimate of drug-likeness (QED) is 0.629. The van der Waals surface area contributed by atoms with Gasteiger partial charge in [0.2, 0.25) is 0 Å². The van der Waals surface area contributed by atoms with Crippen molar-refractivity contribution < 1.29 is 17.7 Å². The van der Waals surface area contributed by atoms with Crippen LogP contribution in [0.3, 0.4) is 0 Å². The predicted molar refractivity (Wildman–Crippen MR) is 108 cm³/mol. The fourth-order valence-corrected chi connectivity index (χ4v) is 6.30. The summed E-state index contributed by atoms with van der Waals surface area (Å²) in [5.74, 6) is 0.714. The van der Waals surface area contributed by atoms with Crippen molar-refractivity contribution in [2.45, 2.75) is 24.1 Å². The summed E-state index contributed by atoms with van der Waals surface area (Å²) in [6.45, 7) is 4.45. The van der Waals surface area contributed by atoms with Crippen LogP contribution in [0.25, 0.3) is 10.8 Å². The number of piperazine rings is 1.